The third-order valence-corrected chi connectivity index (χ3v) is 9.86. The average Bonchev–Trinajstić information content (AvgIpc) is 2.39. The molecule has 0 unspecified atom stereocenters. The average molecular weight is 313 g/mol. The van der Waals surface area contributed by atoms with Crippen molar-refractivity contribution in [3.63, 3.8) is 0 Å². The summed E-state index contributed by atoms with van der Waals surface area (Å²) in [7, 11) is -1.90. The van der Waals surface area contributed by atoms with E-state index in [0.717, 1.165) is 12.8 Å². The minimum absolute atomic E-state index is 0.0366. The minimum Gasteiger partial charge on any atom is -0.414 e. The SMILES string of the molecule is CCC[C@@H]1C=CC(=O)[C@@H](CO[Si](C)(C)C(C)(C)C(C)C)O1. The van der Waals surface area contributed by atoms with Gasteiger partial charge in [0, 0.05) is 0 Å². The van der Waals surface area contributed by atoms with Crippen molar-refractivity contribution in [2.24, 2.45) is 5.92 Å². The number of ether oxygens (including phenoxy) is 1. The lowest BCUT2D eigenvalue weighted by Gasteiger charge is -2.43. The predicted octanol–water partition coefficient (Wildman–Crippen LogP) is 4.34. The van der Waals surface area contributed by atoms with Crippen LogP contribution in [0, 0.1) is 5.92 Å². The molecule has 0 bridgehead atoms. The summed E-state index contributed by atoms with van der Waals surface area (Å²) in [4.78, 5) is 12.0. The molecule has 0 amide bonds. The van der Waals surface area contributed by atoms with Crippen LogP contribution in [0.2, 0.25) is 18.1 Å². The van der Waals surface area contributed by atoms with E-state index in [0.29, 0.717) is 12.5 Å². The highest BCUT2D eigenvalue weighted by Crippen LogP contribution is 2.44. The van der Waals surface area contributed by atoms with E-state index in [-0.39, 0.29) is 16.9 Å². The van der Waals surface area contributed by atoms with Crippen LogP contribution in [0.15, 0.2) is 12.2 Å². The molecule has 1 aliphatic heterocycles. The maximum absolute atomic E-state index is 12.0. The molecule has 4 heteroatoms. The molecule has 0 aromatic carbocycles. The van der Waals surface area contributed by atoms with Gasteiger partial charge < -0.3 is 9.16 Å². The molecule has 1 rings (SSSR count). The first-order chi connectivity index (χ1) is 9.61. The maximum Gasteiger partial charge on any atom is 0.192 e. The van der Waals surface area contributed by atoms with Crippen LogP contribution < -0.4 is 0 Å². The van der Waals surface area contributed by atoms with Crippen molar-refractivity contribution in [2.75, 3.05) is 6.61 Å². The van der Waals surface area contributed by atoms with Gasteiger partial charge in [0.1, 0.15) is 6.10 Å². The molecule has 0 saturated heterocycles. The molecule has 122 valence electrons. The van der Waals surface area contributed by atoms with E-state index < -0.39 is 14.4 Å². The van der Waals surface area contributed by atoms with Gasteiger partial charge in [-0.05, 0) is 36.5 Å². The Hall–Kier alpha value is -0.453. The third-order valence-electron chi connectivity index (χ3n) is 5.30. The molecule has 1 heterocycles. The zero-order valence-electron chi connectivity index (χ0n) is 14.7. The summed E-state index contributed by atoms with van der Waals surface area (Å²) < 4.78 is 12.1. The fraction of sp³-hybridized carbons (Fsp3) is 0.824. The minimum atomic E-state index is -1.90. The van der Waals surface area contributed by atoms with Gasteiger partial charge in [-0.25, -0.2) is 0 Å². The van der Waals surface area contributed by atoms with Crippen LogP contribution in [0.5, 0.6) is 0 Å². The Morgan fingerprint density at radius 1 is 1.38 bits per heavy atom. The third kappa shape index (κ3) is 4.51. The van der Waals surface area contributed by atoms with Crippen molar-refractivity contribution >= 4 is 14.1 Å². The highest BCUT2D eigenvalue weighted by Gasteiger charge is 2.44. The highest BCUT2D eigenvalue weighted by molar-refractivity contribution is 6.74. The molecule has 0 saturated carbocycles. The standard InChI is InChI=1S/C17H32O3Si/c1-8-9-14-10-11-15(18)16(20-14)12-19-21(6,7)17(4,5)13(2)3/h10-11,13-14,16H,8-9,12H2,1-7H3/t14-,16-/m1/s1. The molecule has 0 radical (unpaired) electrons. The number of hydrogen-bond acceptors (Lipinski definition) is 3. The molecular weight excluding hydrogens is 280 g/mol. The molecule has 0 aromatic rings. The summed E-state index contributed by atoms with van der Waals surface area (Å²) in [5.74, 6) is 0.587. The number of carbonyl (C=O) groups is 1. The van der Waals surface area contributed by atoms with Crippen molar-refractivity contribution in [3.8, 4) is 0 Å². The van der Waals surface area contributed by atoms with Gasteiger partial charge in [0.05, 0.1) is 12.7 Å². The first-order valence-corrected chi connectivity index (χ1v) is 11.0. The molecule has 0 aliphatic carbocycles. The van der Waals surface area contributed by atoms with Gasteiger partial charge in [0.25, 0.3) is 0 Å². The van der Waals surface area contributed by atoms with Crippen LogP contribution in [0.3, 0.4) is 0 Å². The van der Waals surface area contributed by atoms with E-state index in [1.54, 1.807) is 6.08 Å². The Bertz CT molecular complexity index is 385. The zero-order chi connectivity index (χ0) is 16.3. The van der Waals surface area contributed by atoms with Crippen molar-refractivity contribution < 1.29 is 14.0 Å². The second-order valence-corrected chi connectivity index (χ2v) is 12.0. The summed E-state index contributed by atoms with van der Waals surface area (Å²) in [6.07, 6.45) is 5.18. The molecule has 3 nitrogen and oxygen atoms in total. The van der Waals surface area contributed by atoms with E-state index in [1.807, 2.05) is 6.08 Å². The Morgan fingerprint density at radius 3 is 2.52 bits per heavy atom. The molecule has 0 spiro atoms. The second-order valence-electron chi connectivity index (χ2n) is 7.41. The van der Waals surface area contributed by atoms with Gasteiger partial charge in [-0.3, -0.25) is 4.79 Å². The van der Waals surface area contributed by atoms with Gasteiger partial charge in [0.2, 0.25) is 0 Å². The lowest BCUT2D eigenvalue weighted by molar-refractivity contribution is -0.132. The van der Waals surface area contributed by atoms with Crippen LogP contribution in [0.4, 0.5) is 0 Å². The van der Waals surface area contributed by atoms with Gasteiger partial charge in [-0.15, -0.1) is 0 Å². The monoisotopic (exact) mass is 312 g/mol. The maximum atomic E-state index is 12.0. The first kappa shape index (κ1) is 18.6. The summed E-state index contributed by atoms with van der Waals surface area (Å²) in [5.41, 5.74) is 0. The molecule has 0 fully saturated rings. The fourth-order valence-electron chi connectivity index (χ4n) is 2.37. The van der Waals surface area contributed by atoms with E-state index in [1.165, 1.54) is 0 Å². The Balaban J connectivity index is 2.65. The van der Waals surface area contributed by atoms with Gasteiger partial charge >= 0.3 is 0 Å². The van der Waals surface area contributed by atoms with Crippen LogP contribution in [0.25, 0.3) is 0 Å². The number of ketones is 1. The quantitative estimate of drug-likeness (QED) is 0.656. The van der Waals surface area contributed by atoms with Gasteiger partial charge in [0.15, 0.2) is 14.1 Å². The number of hydrogen-bond donors (Lipinski definition) is 0. The Kier molecular flexibility index (Phi) is 6.38. The summed E-state index contributed by atoms with van der Waals surface area (Å²) in [6.45, 7) is 16.0. The van der Waals surface area contributed by atoms with E-state index in [9.17, 15) is 4.79 Å². The normalized spacial score (nSPS) is 23.9. The molecular formula is C17H32O3Si. The predicted molar refractivity (Wildman–Crippen MR) is 90.0 cm³/mol. The van der Waals surface area contributed by atoms with Crippen LogP contribution in [-0.4, -0.2) is 32.9 Å². The van der Waals surface area contributed by atoms with E-state index >= 15 is 0 Å². The van der Waals surface area contributed by atoms with Crippen molar-refractivity contribution in [1.29, 1.82) is 0 Å². The highest BCUT2D eigenvalue weighted by atomic mass is 28.4. The molecule has 0 N–H and O–H groups in total. The largest absolute Gasteiger partial charge is 0.414 e. The van der Waals surface area contributed by atoms with Crippen LogP contribution >= 0.6 is 0 Å². The van der Waals surface area contributed by atoms with Gasteiger partial charge in [-0.2, -0.15) is 0 Å². The summed E-state index contributed by atoms with van der Waals surface area (Å²) >= 11 is 0. The Labute approximate surface area is 131 Å². The summed E-state index contributed by atoms with van der Waals surface area (Å²) in [5, 5.41) is 0.156. The summed E-state index contributed by atoms with van der Waals surface area (Å²) in [6, 6.07) is 0. The number of rotatable bonds is 7. The smallest absolute Gasteiger partial charge is 0.192 e. The fourth-order valence-corrected chi connectivity index (χ4v) is 4.70. The molecule has 0 aromatic heterocycles. The zero-order valence-corrected chi connectivity index (χ0v) is 15.7. The van der Waals surface area contributed by atoms with Gasteiger partial charge in [-0.1, -0.05) is 47.1 Å². The Morgan fingerprint density at radius 2 is 2.00 bits per heavy atom. The number of carbonyl (C=O) groups excluding carboxylic acids is 1. The van der Waals surface area contributed by atoms with E-state index in [2.05, 4.69) is 47.7 Å². The first-order valence-electron chi connectivity index (χ1n) is 8.13. The van der Waals surface area contributed by atoms with Crippen LogP contribution in [0.1, 0.15) is 47.5 Å². The topological polar surface area (TPSA) is 35.5 Å². The van der Waals surface area contributed by atoms with Crippen molar-refractivity contribution in [3.05, 3.63) is 12.2 Å². The van der Waals surface area contributed by atoms with Crippen molar-refractivity contribution in [1.82, 2.24) is 0 Å². The molecule has 1 aliphatic rings. The molecule has 21 heavy (non-hydrogen) atoms. The van der Waals surface area contributed by atoms with E-state index in [4.69, 9.17) is 9.16 Å². The second kappa shape index (κ2) is 7.21. The van der Waals surface area contributed by atoms with Crippen LogP contribution in [-0.2, 0) is 14.0 Å². The van der Waals surface area contributed by atoms with Crippen molar-refractivity contribution in [2.45, 2.75) is 77.8 Å². The molecule has 2 atom stereocenters. The lowest BCUT2D eigenvalue weighted by atomic mass is 9.99. The lowest BCUT2D eigenvalue weighted by Crippen LogP contribution is -2.48.